The van der Waals surface area contributed by atoms with Gasteiger partial charge in [0.25, 0.3) is 0 Å². The summed E-state index contributed by atoms with van der Waals surface area (Å²) in [6.45, 7) is 2.14. The monoisotopic (exact) mass is 202 g/mol. The van der Waals surface area contributed by atoms with Crippen molar-refractivity contribution in [1.29, 1.82) is 0 Å². The van der Waals surface area contributed by atoms with Crippen molar-refractivity contribution in [1.82, 2.24) is 0 Å². The Kier molecular flexibility index (Phi) is 4.07. The quantitative estimate of drug-likeness (QED) is 0.346. The second-order valence-corrected chi connectivity index (χ2v) is 5.54. The Labute approximate surface area is 77.9 Å². The van der Waals surface area contributed by atoms with Gasteiger partial charge in [-0.15, -0.1) is 0 Å². The third kappa shape index (κ3) is 2.90. The van der Waals surface area contributed by atoms with E-state index in [1.165, 1.54) is 5.19 Å². The largest absolute Gasteiger partial charge is 0.347 e. The lowest BCUT2D eigenvalue weighted by atomic mass is 10.4. The Balaban J connectivity index is 2.61. The molecule has 0 aliphatic heterocycles. The van der Waals surface area contributed by atoms with Gasteiger partial charge in [-0.2, -0.15) is 0 Å². The summed E-state index contributed by atoms with van der Waals surface area (Å²) in [7, 11) is -1.17. The van der Waals surface area contributed by atoms with Crippen molar-refractivity contribution in [2.24, 2.45) is 0 Å². The SMILES string of the molecule is C[SiH](OSS)c1ccccc1. The first-order valence-corrected chi connectivity index (χ1v) is 7.36. The molecule has 0 aliphatic rings. The minimum Gasteiger partial charge on any atom is -0.347 e. The van der Waals surface area contributed by atoms with Gasteiger partial charge in [-0.05, 0) is 11.7 Å². The Hall–Kier alpha value is 0.0969. The second kappa shape index (κ2) is 4.87. The van der Waals surface area contributed by atoms with Gasteiger partial charge in [-0.25, -0.2) is 0 Å². The van der Waals surface area contributed by atoms with E-state index in [4.69, 9.17) is 3.87 Å². The fraction of sp³-hybridized carbons (Fsp3) is 0.143. The van der Waals surface area contributed by atoms with Gasteiger partial charge in [-0.1, -0.05) is 42.0 Å². The van der Waals surface area contributed by atoms with Crippen LogP contribution in [0.4, 0.5) is 0 Å². The molecule has 0 heterocycles. The van der Waals surface area contributed by atoms with Crippen LogP contribution in [0.2, 0.25) is 6.55 Å². The highest BCUT2D eigenvalue weighted by Crippen LogP contribution is 2.08. The summed E-state index contributed by atoms with van der Waals surface area (Å²) in [5, 5.41) is 1.31. The summed E-state index contributed by atoms with van der Waals surface area (Å²) in [6.07, 6.45) is 0. The molecular formula is C7H10OS2Si. The summed E-state index contributed by atoms with van der Waals surface area (Å²) < 4.78 is 5.35. The highest BCUT2D eigenvalue weighted by atomic mass is 33.1. The average molecular weight is 202 g/mol. The molecule has 0 amide bonds. The first-order chi connectivity index (χ1) is 5.34. The fourth-order valence-electron chi connectivity index (χ4n) is 0.844. The molecule has 60 valence electrons. The van der Waals surface area contributed by atoms with Crippen molar-refractivity contribution in [2.45, 2.75) is 6.55 Å². The summed E-state index contributed by atoms with van der Waals surface area (Å²) >= 11 is 5.10. The number of hydrogen-bond donors (Lipinski definition) is 1. The van der Waals surface area contributed by atoms with E-state index in [9.17, 15) is 0 Å². The van der Waals surface area contributed by atoms with Gasteiger partial charge < -0.3 is 3.87 Å². The molecule has 0 spiro atoms. The van der Waals surface area contributed by atoms with Crippen LogP contribution < -0.4 is 5.19 Å². The minimum absolute atomic E-state index is 1.16. The lowest BCUT2D eigenvalue weighted by Crippen LogP contribution is -2.26. The normalized spacial score (nSPS) is 12.9. The van der Waals surface area contributed by atoms with Crippen LogP contribution in [0.5, 0.6) is 0 Å². The molecule has 0 fully saturated rings. The van der Waals surface area contributed by atoms with Crippen LogP contribution >= 0.6 is 22.7 Å². The molecule has 1 atom stereocenters. The maximum absolute atomic E-state index is 5.35. The number of benzene rings is 1. The average Bonchev–Trinajstić information content (AvgIpc) is 2.07. The third-order valence-corrected chi connectivity index (χ3v) is 5.05. The molecule has 1 rings (SSSR count). The van der Waals surface area contributed by atoms with Crippen molar-refractivity contribution >= 4 is 37.0 Å². The molecular weight excluding hydrogens is 192 g/mol. The van der Waals surface area contributed by atoms with Gasteiger partial charge in [-0.3, -0.25) is 0 Å². The predicted molar refractivity (Wildman–Crippen MR) is 56.8 cm³/mol. The molecule has 0 saturated carbocycles. The Morgan fingerprint density at radius 1 is 1.36 bits per heavy atom. The van der Waals surface area contributed by atoms with Gasteiger partial charge in [0.2, 0.25) is 9.04 Å². The van der Waals surface area contributed by atoms with Crippen molar-refractivity contribution in [3.8, 4) is 0 Å². The zero-order valence-electron chi connectivity index (χ0n) is 6.23. The molecule has 0 aromatic heterocycles. The van der Waals surface area contributed by atoms with Gasteiger partial charge in [0, 0.05) is 11.1 Å². The number of hydrogen-bond acceptors (Lipinski definition) is 3. The van der Waals surface area contributed by atoms with Gasteiger partial charge in [0.1, 0.15) is 0 Å². The molecule has 1 aromatic rings. The smallest absolute Gasteiger partial charge is 0.224 e. The van der Waals surface area contributed by atoms with E-state index in [0.717, 1.165) is 11.1 Å². The zero-order chi connectivity index (χ0) is 8.10. The van der Waals surface area contributed by atoms with Gasteiger partial charge in [0.05, 0.1) is 0 Å². The molecule has 0 saturated heterocycles. The Morgan fingerprint density at radius 2 is 2.00 bits per heavy atom. The summed E-state index contributed by atoms with van der Waals surface area (Å²) in [4.78, 5) is 0. The van der Waals surface area contributed by atoms with E-state index in [1.807, 2.05) is 18.2 Å². The van der Waals surface area contributed by atoms with E-state index in [1.54, 1.807) is 0 Å². The van der Waals surface area contributed by atoms with E-state index in [2.05, 4.69) is 30.3 Å². The molecule has 1 nitrogen and oxygen atoms in total. The lowest BCUT2D eigenvalue weighted by Gasteiger charge is -2.06. The van der Waals surface area contributed by atoms with Crippen LogP contribution in [0.25, 0.3) is 0 Å². The second-order valence-electron chi connectivity index (χ2n) is 2.22. The van der Waals surface area contributed by atoms with Crippen LogP contribution in [0.3, 0.4) is 0 Å². The first kappa shape index (κ1) is 9.19. The molecule has 0 N–H and O–H groups in total. The van der Waals surface area contributed by atoms with E-state index in [0.29, 0.717) is 0 Å². The van der Waals surface area contributed by atoms with E-state index in [-0.39, 0.29) is 0 Å². The standard InChI is InChI=1S/C7H10OS2Si/c1-11(8-10-9)7-5-3-2-4-6-7/h2-6,9,11H,1H3. The maximum atomic E-state index is 5.35. The highest BCUT2D eigenvalue weighted by molar-refractivity contribution is 8.66. The molecule has 4 heteroatoms. The van der Waals surface area contributed by atoms with Crippen LogP contribution in [0, 0.1) is 0 Å². The Morgan fingerprint density at radius 3 is 2.55 bits per heavy atom. The van der Waals surface area contributed by atoms with E-state index >= 15 is 0 Å². The molecule has 0 aliphatic carbocycles. The highest BCUT2D eigenvalue weighted by Gasteiger charge is 2.06. The summed E-state index contributed by atoms with van der Waals surface area (Å²) in [5.74, 6) is 0. The van der Waals surface area contributed by atoms with Gasteiger partial charge in [0.15, 0.2) is 0 Å². The van der Waals surface area contributed by atoms with Crippen molar-refractivity contribution in [3.05, 3.63) is 30.3 Å². The van der Waals surface area contributed by atoms with Gasteiger partial charge >= 0.3 is 0 Å². The molecule has 1 aromatic carbocycles. The number of rotatable bonds is 3. The summed E-state index contributed by atoms with van der Waals surface area (Å²) in [6, 6.07) is 10.3. The Bertz CT molecular complexity index is 205. The van der Waals surface area contributed by atoms with Crippen LogP contribution in [-0.2, 0) is 3.87 Å². The van der Waals surface area contributed by atoms with Crippen LogP contribution in [0.1, 0.15) is 0 Å². The predicted octanol–water partition coefficient (Wildman–Crippen LogP) is 1.76. The summed E-state index contributed by atoms with van der Waals surface area (Å²) in [5.41, 5.74) is 0. The molecule has 0 bridgehead atoms. The van der Waals surface area contributed by atoms with Crippen molar-refractivity contribution < 1.29 is 3.87 Å². The molecule has 0 radical (unpaired) electrons. The molecule has 1 unspecified atom stereocenters. The topological polar surface area (TPSA) is 9.23 Å². The third-order valence-electron chi connectivity index (χ3n) is 1.46. The maximum Gasteiger partial charge on any atom is 0.224 e. The van der Waals surface area contributed by atoms with Crippen molar-refractivity contribution in [3.63, 3.8) is 0 Å². The van der Waals surface area contributed by atoms with E-state index < -0.39 is 9.04 Å². The van der Waals surface area contributed by atoms with Crippen molar-refractivity contribution in [2.75, 3.05) is 0 Å². The number of thiol groups is 1. The zero-order valence-corrected chi connectivity index (χ0v) is 9.09. The van der Waals surface area contributed by atoms with Crippen LogP contribution in [-0.4, -0.2) is 9.04 Å². The fourth-order valence-corrected chi connectivity index (χ4v) is 3.73. The first-order valence-electron chi connectivity index (χ1n) is 3.36. The lowest BCUT2D eigenvalue weighted by molar-refractivity contribution is 0.699. The minimum atomic E-state index is -1.17. The van der Waals surface area contributed by atoms with Crippen LogP contribution in [0.15, 0.2) is 30.3 Å². The molecule has 11 heavy (non-hydrogen) atoms.